The molecule has 0 rings (SSSR count). The van der Waals surface area contributed by atoms with E-state index in [1.165, 1.54) is 0 Å². The molecule has 0 bridgehead atoms. The fraction of sp³-hybridized carbons (Fsp3) is 0.429. The van der Waals surface area contributed by atoms with E-state index >= 15 is 0 Å². The maximum atomic E-state index is 10.4. The van der Waals surface area contributed by atoms with E-state index in [9.17, 15) is 9.59 Å². The van der Waals surface area contributed by atoms with Crippen molar-refractivity contribution in [3.05, 3.63) is 12.2 Å². The lowest BCUT2D eigenvalue weighted by Crippen LogP contribution is -2.08. The molecule has 0 aromatic rings. The zero-order valence-corrected chi connectivity index (χ0v) is 6.00. The topological polar surface area (TPSA) is 54.4 Å². The number of rotatable bonds is 3. The molecule has 3 nitrogen and oxygen atoms in total. The molecule has 0 amide bonds. The van der Waals surface area contributed by atoms with E-state index in [0.717, 1.165) is 6.08 Å². The number of carboxylic acids is 1. The van der Waals surface area contributed by atoms with Crippen molar-refractivity contribution in [2.45, 2.75) is 13.8 Å². The summed E-state index contributed by atoms with van der Waals surface area (Å²) < 4.78 is 0. The van der Waals surface area contributed by atoms with Crippen molar-refractivity contribution >= 4 is 11.8 Å². The molecule has 0 aliphatic rings. The van der Waals surface area contributed by atoms with E-state index in [-0.39, 0.29) is 5.92 Å². The van der Waals surface area contributed by atoms with Crippen LogP contribution in [0.25, 0.3) is 0 Å². The number of carbonyl (C=O) groups excluding carboxylic acids is 1. The molecule has 0 atom stereocenters. The molecule has 0 spiro atoms. The quantitative estimate of drug-likeness (QED) is 0.469. The van der Waals surface area contributed by atoms with E-state index in [0.29, 0.717) is 0 Å². The summed E-state index contributed by atoms with van der Waals surface area (Å²) in [5, 5.41) is 8.09. The Labute approximate surface area is 59.4 Å². The van der Waals surface area contributed by atoms with Crippen molar-refractivity contribution in [3.8, 4) is 0 Å². The molecule has 56 valence electrons. The molecule has 0 radical (unpaired) electrons. The van der Waals surface area contributed by atoms with E-state index < -0.39 is 11.8 Å². The largest absolute Gasteiger partial charge is 0.475 e. The minimum atomic E-state index is -1.41. The lowest BCUT2D eigenvalue weighted by Gasteiger charge is -1.89. The highest BCUT2D eigenvalue weighted by atomic mass is 16.4. The zero-order valence-electron chi connectivity index (χ0n) is 6.00. The summed E-state index contributed by atoms with van der Waals surface area (Å²) >= 11 is 0. The van der Waals surface area contributed by atoms with Gasteiger partial charge in [-0.2, -0.15) is 0 Å². The fourth-order valence-corrected chi connectivity index (χ4v) is 0.351. The Bertz CT molecular complexity index is 168. The summed E-state index contributed by atoms with van der Waals surface area (Å²) in [7, 11) is 0. The predicted molar refractivity (Wildman–Crippen MR) is 36.6 cm³/mol. The summed E-state index contributed by atoms with van der Waals surface area (Å²) in [6, 6.07) is 0. The molecule has 0 saturated carbocycles. The van der Waals surface area contributed by atoms with Gasteiger partial charge in [0.2, 0.25) is 0 Å². The van der Waals surface area contributed by atoms with Gasteiger partial charge in [-0.3, -0.25) is 4.79 Å². The average molecular weight is 142 g/mol. The minimum absolute atomic E-state index is 0.211. The second-order valence-electron chi connectivity index (χ2n) is 2.27. The van der Waals surface area contributed by atoms with Crippen LogP contribution in [0, 0.1) is 5.92 Å². The third kappa shape index (κ3) is 3.83. The minimum Gasteiger partial charge on any atom is -0.475 e. The molecule has 10 heavy (non-hydrogen) atoms. The van der Waals surface area contributed by atoms with E-state index in [1.807, 2.05) is 13.8 Å². The van der Waals surface area contributed by atoms with Crippen LogP contribution in [-0.4, -0.2) is 16.9 Å². The van der Waals surface area contributed by atoms with Gasteiger partial charge in [-0.05, 0) is 12.0 Å². The Morgan fingerprint density at radius 1 is 1.40 bits per heavy atom. The molecule has 0 aromatic carbocycles. The van der Waals surface area contributed by atoms with Crippen LogP contribution in [0.2, 0.25) is 0 Å². The molecule has 3 heteroatoms. The lowest BCUT2D eigenvalue weighted by atomic mass is 10.2. The molecule has 0 aromatic heterocycles. The summed E-state index contributed by atoms with van der Waals surface area (Å²) in [6.07, 6.45) is 2.63. The van der Waals surface area contributed by atoms with E-state index in [2.05, 4.69) is 0 Å². The van der Waals surface area contributed by atoms with Gasteiger partial charge in [0, 0.05) is 0 Å². The van der Waals surface area contributed by atoms with Crippen LogP contribution in [0.5, 0.6) is 0 Å². The third-order valence-corrected chi connectivity index (χ3v) is 0.843. The first kappa shape index (κ1) is 8.88. The van der Waals surface area contributed by atoms with Gasteiger partial charge in [-0.25, -0.2) is 4.79 Å². The smallest absolute Gasteiger partial charge is 0.376 e. The highest BCUT2D eigenvalue weighted by Gasteiger charge is 2.04. The third-order valence-electron chi connectivity index (χ3n) is 0.843. The molecular formula is C7H10O3. The summed E-state index contributed by atoms with van der Waals surface area (Å²) in [6.45, 7) is 3.73. The Kier molecular flexibility index (Phi) is 3.39. The highest BCUT2D eigenvalue weighted by molar-refractivity contribution is 6.37. The number of hydrogen-bond acceptors (Lipinski definition) is 2. The van der Waals surface area contributed by atoms with Gasteiger partial charge in [0.1, 0.15) is 0 Å². The molecule has 0 aliphatic carbocycles. The number of carboxylic acid groups (broad SMARTS) is 1. The Morgan fingerprint density at radius 2 is 1.90 bits per heavy atom. The SMILES string of the molecule is CC(C)/C=C\C(=O)C(=O)O. The number of allylic oxidation sites excluding steroid dienone is 1. The zero-order chi connectivity index (χ0) is 8.15. The second kappa shape index (κ2) is 3.82. The maximum Gasteiger partial charge on any atom is 0.376 e. The molecule has 0 saturated heterocycles. The van der Waals surface area contributed by atoms with Gasteiger partial charge in [0.15, 0.2) is 0 Å². The molecule has 0 unspecified atom stereocenters. The second-order valence-corrected chi connectivity index (χ2v) is 2.27. The van der Waals surface area contributed by atoms with Crippen molar-refractivity contribution in [2.75, 3.05) is 0 Å². The van der Waals surface area contributed by atoms with Crippen molar-refractivity contribution in [1.29, 1.82) is 0 Å². The summed E-state index contributed by atoms with van der Waals surface area (Å²) in [4.78, 5) is 20.3. The van der Waals surface area contributed by atoms with Crippen molar-refractivity contribution < 1.29 is 14.7 Å². The Balaban J connectivity index is 3.91. The van der Waals surface area contributed by atoms with Crippen LogP contribution in [-0.2, 0) is 9.59 Å². The van der Waals surface area contributed by atoms with Crippen molar-refractivity contribution in [1.82, 2.24) is 0 Å². The van der Waals surface area contributed by atoms with Gasteiger partial charge in [0.05, 0.1) is 0 Å². The molecular weight excluding hydrogens is 132 g/mol. The fourth-order valence-electron chi connectivity index (χ4n) is 0.351. The van der Waals surface area contributed by atoms with Crippen LogP contribution in [0.1, 0.15) is 13.8 Å². The predicted octanol–water partition coefficient (Wildman–Crippen LogP) is 0.852. The van der Waals surface area contributed by atoms with Gasteiger partial charge >= 0.3 is 5.97 Å². The molecule has 0 aliphatic heterocycles. The van der Waals surface area contributed by atoms with Crippen LogP contribution in [0.3, 0.4) is 0 Å². The first-order chi connectivity index (χ1) is 4.54. The number of aliphatic carboxylic acids is 1. The Hall–Kier alpha value is -1.12. The van der Waals surface area contributed by atoms with Gasteiger partial charge in [0.25, 0.3) is 5.78 Å². The number of ketones is 1. The summed E-state index contributed by atoms with van der Waals surface area (Å²) in [5.74, 6) is -2.06. The molecule has 1 N–H and O–H groups in total. The van der Waals surface area contributed by atoms with Crippen LogP contribution < -0.4 is 0 Å². The number of carbonyl (C=O) groups is 2. The van der Waals surface area contributed by atoms with Crippen LogP contribution >= 0.6 is 0 Å². The van der Waals surface area contributed by atoms with Crippen molar-refractivity contribution in [3.63, 3.8) is 0 Å². The van der Waals surface area contributed by atoms with E-state index in [1.54, 1.807) is 6.08 Å². The monoisotopic (exact) mass is 142 g/mol. The van der Waals surface area contributed by atoms with Crippen LogP contribution in [0.4, 0.5) is 0 Å². The van der Waals surface area contributed by atoms with E-state index in [4.69, 9.17) is 5.11 Å². The first-order valence-electron chi connectivity index (χ1n) is 2.99. The highest BCUT2D eigenvalue weighted by Crippen LogP contribution is 1.92. The van der Waals surface area contributed by atoms with Crippen molar-refractivity contribution in [2.24, 2.45) is 5.92 Å². The van der Waals surface area contributed by atoms with Gasteiger partial charge < -0.3 is 5.11 Å². The van der Waals surface area contributed by atoms with Gasteiger partial charge in [-0.15, -0.1) is 0 Å². The standard InChI is InChI=1S/C7H10O3/c1-5(2)3-4-6(8)7(9)10/h3-5H,1-2H3,(H,9,10)/b4-3-. The normalized spacial score (nSPS) is 10.7. The molecule has 0 heterocycles. The Morgan fingerprint density at radius 3 is 2.20 bits per heavy atom. The number of hydrogen-bond donors (Lipinski definition) is 1. The van der Waals surface area contributed by atoms with Gasteiger partial charge in [-0.1, -0.05) is 19.9 Å². The summed E-state index contributed by atoms with van der Waals surface area (Å²) in [5.41, 5.74) is 0. The average Bonchev–Trinajstić information content (AvgIpc) is 1.82. The maximum absolute atomic E-state index is 10.4. The molecule has 0 fully saturated rings. The van der Waals surface area contributed by atoms with Crippen LogP contribution in [0.15, 0.2) is 12.2 Å². The first-order valence-corrected chi connectivity index (χ1v) is 2.99. The lowest BCUT2D eigenvalue weighted by molar-refractivity contribution is -0.146.